The molecule has 0 spiro atoms. The van der Waals surface area contributed by atoms with Crippen molar-refractivity contribution in [3.05, 3.63) is 0 Å². The lowest BCUT2D eigenvalue weighted by Gasteiger charge is -2.34. The van der Waals surface area contributed by atoms with Crippen LogP contribution in [0.5, 0.6) is 0 Å². The summed E-state index contributed by atoms with van der Waals surface area (Å²) in [7, 11) is 0. The summed E-state index contributed by atoms with van der Waals surface area (Å²) in [6.45, 7) is -0.271. The van der Waals surface area contributed by atoms with Gasteiger partial charge in [-0.15, -0.1) is 0 Å². The van der Waals surface area contributed by atoms with E-state index >= 15 is 0 Å². The van der Waals surface area contributed by atoms with Crippen LogP contribution in [0.4, 0.5) is 0 Å². The molecule has 0 aromatic rings. The Hall–Kier alpha value is -2.49. The number of nitrogens with zero attached hydrogens (tertiary/aromatic N) is 2. The van der Waals surface area contributed by atoms with Gasteiger partial charge in [-0.25, -0.2) is 4.79 Å². The summed E-state index contributed by atoms with van der Waals surface area (Å²) in [6, 6.07) is -3.43. The Bertz CT molecular complexity index is 486. The largest absolute Gasteiger partial charge is 0.481 e. The Morgan fingerprint density at radius 1 is 1.20 bits per heavy atom. The molecule has 1 aliphatic heterocycles. The predicted molar refractivity (Wildman–Crippen MR) is 61.7 cm³/mol. The van der Waals surface area contributed by atoms with Crippen molar-refractivity contribution >= 4 is 29.6 Å². The number of aliphatic imine (C=N–C) groups is 1. The summed E-state index contributed by atoms with van der Waals surface area (Å²) in [6.07, 6.45) is -0.841. The molecular formula is C10H12N2O8. The first-order valence-corrected chi connectivity index (χ1v) is 5.46. The molecule has 0 aliphatic carbocycles. The van der Waals surface area contributed by atoms with E-state index in [-0.39, 0.29) is 13.1 Å². The second-order valence-corrected chi connectivity index (χ2v) is 4.00. The van der Waals surface area contributed by atoms with Crippen molar-refractivity contribution in [3.63, 3.8) is 0 Å². The molecule has 0 saturated carbocycles. The van der Waals surface area contributed by atoms with Crippen LogP contribution in [0, 0.1) is 0 Å². The molecular weight excluding hydrogens is 276 g/mol. The van der Waals surface area contributed by atoms with Gasteiger partial charge in [0, 0.05) is 6.54 Å². The van der Waals surface area contributed by atoms with Crippen LogP contribution in [0.15, 0.2) is 4.99 Å². The van der Waals surface area contributed by atoms with E-state index in [0.717, 1.165) is 4.90 Å². The molecule has 4 N–H and O–H groups in total. The Morgan fingerprint density at radius 3 is 2.20 bits per heavy atom. The highest BCUT2D eigenvalue weighted by Gasteiger charge is 2.43. The molecule has 0 bridgehead atoms. The Balaban J connectivity index is 3.16. The normalized spacial score (nSPS) is 20.8. The Kier molecular flexibility index (Phi) is 4.75. The Labute approximate surface area is 111 Å². The van der Waals surface area contributed by atoms with E-state index in [4.69, 9.17) is 20.4 Å². The van der Waals surface area contributed by atoms with E-state index in [1.807, 2.05) is 0 Å². The van der Waals surface area contributed by atoms with Gasteiger partial charge in [0.2, 0.25) is 0 Å². The molecule has 10 nitrogen and oxygen atoms in total. The highest BCUT2D eigenvalue weighted by Crippen LogP contribution is 2.16. The first-order chi connectivity index (χ1) is 9.25. The first kappa shape index (κ1) is 15.6. The van der Waals surface area contributed by atoms with E-state index in [9.17, 15) is 19.2 Å². The van der Waals surface area contributed by atoms with Crippen molar-refractivity contribution in [1.29, 1.82) is 0 Å². The Morgan fingerprint density at radius 2 is 1.80 bits per heavy atom. The smallest absolute Gasteiger partial charge is 0.352 e. The zero-order valence-corrected chi connectivity index (χ0v) is 10.1. The third-order valence-corrected chi connectivity index (χ3v) is 2.74. The average molecular weight is 288 g/mol. The van der Waals surface area contributed by atoms with Crippen LogP contribution < -0.4 is 0 Å². The average Bonchev–Trinajstić information content (AvgIpc) is 2.34. The van der Waals surface area contributed by atoms with Crippen LogP contribution in [0.2, 0.25) is 0 Å². The van der Waals surface area contributed by atoms with E-state index in [1.165, 1.54) is 0 Å². The van der Waals surface area contributed by atoms with Crippen LogP contribution in [-0.2, 0) is 19.2 Å². The van der Waals surface area contributed by atoms with Crippen molar-refractivity contribution in [2.45, 2.75) is 18.5 Å². The van der Waals surface area contributed by atoms with Crippen LogP contribution in [0.25, 0.3) is 0 Å². The highest BCUT2D eigenvalue weighted by molar-refractivity contribution is 6.41. The first-order valence-electron chi connectivity index (χ1n) is 5.46. The molecule has 110 valence electrons. The van der Waals surface area contributed by atoms with Gasteiger partial charge in [-0.2, -0.15) is 0 Å². The van der Waals surface area contributed by atoms with Crippen LogP contribution in [0.1, 0.15) is 6.42 Å². The van der Waals surface area contributed by atoms with Crippen LogP contribution >= 0.6 is 0 Å². The zero-order valence-electron chi connectivity index (χ0n) is 10.1. The van der Waals surface area contributed by atoms with E-state index in [1.54, 1.807) is 0 Å². The maximum atomic E-state index is 11.2. The molecule has 0 unspecified atom stereocenters. The topological polar surface area (TPSA) is 165 Å². The molecule has 0 saturated heterocycles. The quantitative estimate of drug-likeness (QED) is 0.441. The third-order valence-electron chi connectivity index (χ3n) is 2.74. The van der Waals surface area contributed by atoms with Gasteiger partial charge in [-0.1, -0.05) is 0 Å². The third kappa shape index (κ3) is 3.29. The summed E-state index contributed by atoms with van der Waals surface area (Å²) < 4.78 is 0. The van der Waals surface area contributed by atoms with Crippen molar-refractivity contribution < 1.29 is 39.6 Å². The minimum atomic E-state index is -1.79. The molecule has 20 heavy (non-hydrogen) atoms. The summed E-state index contributed by atoms with van der Waals surface area (Å²) in [5, 5.41) is 35.7. The van der Waals surface area contributed by atoms with Crippen molar-refractivity contribution in [2.75, 3.05) is 13.1 Å². The maximum Gasteiger partial charge on any atom is 0.352 e. The van der Waals surface area contributed by atoms with Gasteiger partial charge in [0.1, 0.15) is 11.8 Å². The molecule has 0 amide bonds. The van der Waals surface area contributed by atoms with Crippen LogP contribution in [-0.4, -0.2) is 80.1 Å². The SMILES string of the molecule is O=C(O)C[C@H](C(=O)O)N1CCN=C(C(=O)O)[C@@H]1C(=O)O. The van der Waals surface area contributed by atoms with E-state index in [2.05, 4.69) is 4.99 Å². The fraction of sp³-hybridized carbons (Fsp3) is 0.500. The minimum Gasteiger partial charge on any atom is -0.481 e. The van der Waals surface area contributed by atoms with Gasteiger partial charge in [0.05, 0.1) is 13.0 Å². The summed E-state index contributed by atoms with van der Waals surface area (Å²) >= 11 is 0. The molecule has 10 heteroatoms. The predicted octanol–water partition coefficient (Wildman–Crippen LogP) is -1.79. The summed E-state index contributed by atoms with van der Waals surface area (Å²) in [5.41, 5.74) is -0.708. The number of rotatable bonds is 6. The van der Waals surface area contributed by atoms with E-state index < -0.39 is 48.1 Å². The molecule has 0 fully saturated rings. The molecule has 0 aromatic heterocycles. The van der Waals surface area contributed by atoms with Gasteiger partial charge < -0.3 is 20.4 Å². The number of carboxylic acids is 4. The molecule has 0 aromatic carbocycles. The van der Waals surface area contributed by atoms with Crippen molar-refractivity contribution in [3.8, 4) is 0 Å². The molecule has 1 rings (SSSR count). The number of hydrogen-bond acceptors (Lipinski definition) is 6. The number of carbonyl (C=O) groups is 4. The van der Waals surface area contributed by atoms with Gasteiger partial charge in [-0.3, -0.25) is 24.3 Å². The second kappa shape index (κ2) is 6.10. The lowest BCUT2D eigenvalue weighted by atomic mass is 10.0. The highest BCUT2D eigenvalue weighted by atomic mass is 16.4. The molecule has 0 radical (unpaired) electrons. The lowest BCUT2D eigenvalue weighted by molar-refractivity contribution is -0.154. The molecule has 1 heterocycles. The summed E-state index contributed by atoms with van der Waals surface area (Å²) in [4.78, 5) is 48.2. The van der Waals surface area contributed by atoms with Crippen molar-refractivity contribution in [1.82, 2.24) is 4.90 Å². The molecule has 1 aliphatic rings. The second-order valence-electron chi connectivity index (χ2n) is 4.00. The van der Waals surface area contributed by atoms with E-state index in [0.29, 0.717) is 0 Å². The van der Waals surface area contributed by atoms with Gasteiger partial charge in [0.15, 0.2) is 6.04 Å². The lowest BCUT2D eigenvalue weighted by Crippen LogP contribution is -2.59. The number of aliphatic carboxylic acids is 4. The van der Waals surface area contributed by atoms with Crippen LogP contribution in [0.3, 0.4) is 0 Å². The fourth-order valence-electron chi connectivity index (χ4n) is 1.95. The summed E-state index contributed by atoms with van der Waals surface area (Å²) in [5.74, 6) is -6.14. The molecule has 2 atom stereocenters. The van der Waals surface area contributed by atoms with Gasteiger partial charge in [-0.05, 0) is 0 Å². The monoisotopic (exact) mass is 288 g/mol. The standard InChI is InChI=1S/C10H12N2O8/c13-5(14)3-4(8(15)16)12-2-1-11-6(9(17)18)7(12)10(19)20/h4,7H,1-3H2,(H,13,14)(H,15,16)(H,17,18)(H,19,20)/t4-,7-/m1/s1. The number of carboxylic acid groups (broad SMARTS) is 4. The van der Waals surface area contributed by atoms with Crippen molar-refractivity contribution in [2.24, 2.45) is 4.99 Å². The number of hydrogen-bond donors (Lipinski definition) is 4. The van der Waals surface area contributed by atoms with Gasteiger partial charge >= 0.3 is 23.9 Å². The van der Waals surface area contributed by atoms with Gasteiger partial charge in [0.25, 0.3) is 0 Å². The minimum absolute atomic E-state index is 0.116. The maximum absolute atomic E-state index is 11.2. The zero-order chi connectivity index (χ0) is 15.4. The fourth-order valence-corrected chi connectivity index (χ4v) is 1.95.